The largest absolute Gasteiger partial charge is 0.369 e. The van der Waals surface area contributed by atoms with Crippen LogP contribution in [0.4, 0.5) is 0 Å². The Morgan fingerprint density at radius 1 is 1.26 bits per heavy atom. The number of benzene rings is 1. The molecule has 0 radical (unpaired) electrons. The molecule has 2 amide bonds. The third-order valence-corrected chi connectivity index (χ3v) is 5.48. The lowest BCUT2D eigenvalue weighted by molar-refractivity contribution is -0.138. The van der Waals surface area contributed by atoms with Gasteiger partial charge in [0.05, 0.1) is 16.7 Å². The van der Waals surface area contributed by atoms with Crippen molar-refractivity contribution in [2.45, 2.75) is 31.1 Å². The molecule has 1 aromatic rings. The van der Waals surface area contributed by atoms with Gasteiger partial charge in [-0.15, -0.1) is 0 Å². The number of piperidine rings is 1. The van der Waals surface area contributed by atoms with Crippen molar-refractivity contribution in [2.75, 3.05) is 19.3 Å². The molecule has 1 atom stereocenters. The Labute approximate surface area is 136 Å². The molecule has 23 heavy (non-hydrogen) atoms. The lowest BCUT2D eigenvalue weighted by Gasteiger charge is -2.38. The van der Waals surface area contributed by atoms with Crippen LogP contribution in [0.2, 0.25) is 0 Å². The van der Waals surface area contributed by atoms with Crippen molar-refractivity contribution in [3.63, 3.8) is 0 Å². The van der Waals surface area contributed by atoms with Gasteiger partial charge in [-0.2, -0.15) is 0 Å². The Kier molecular flexibility index (Phi) is 4.79. The summed E-state index contributed by atoms with van der Waals surface area (Å²) in [7, 11) is -3.24. The zero-order chi connectivity index (χ0) is 17.3. The van der Waals surface area contributed by atoms with Gasteiger partial charge in [0, 0.05) is 19.3 Å². The summed E-state index contributed by atoms with van der Waals surface area (Å²) >= 11 is 0. The fraction of sp³-hybridized carbons (Fsp3) is 0.500. The first kappa shape index (κ1) is 17.5. The van der Waals surface area contributed by atoms with Crippen molar-refractivity contribution in [3.8, 4) is 0 Å². The van der Waals surface area contributed by atoms with Crippen LogP contribution in [0, 0.1) is 5.41 Å². The Morgan fingerprint density at radius 3 is 2.39 bits per heavy atom. The van der Waals surface area contributed by atoms with E-state index >= 15 is 0 Å². The summed E-state index contributed by atoms with van der Waals surface area (Å²) in [4.78, 5) is 25.9. The van der Waals surface area contributed by atoms with E-state index in [0.717, 1.165) is 18.2 Å². The summed E-state index contributed by atoms with van der Waals surface area (Å²) in [5.74, 6) is -0.461. The Hall–Kier alpha value is -1.89. The summed E-state index contributed by atoms with van der Waals surface area (Å²) in [6.45, 7) is 2.74. The molecule has 1 fully saturated rings. The number of nitrogens with zero attached hydrogens (tertiary/aromatic N) is 1. The van der Waals surface area contributed by atoms with Gasteiger partial charge < -0.3 is 10.6 Å². The molecule has 0 aromatic heterocycles. The van der Waals surface area contributed by atoms with E-state index < -0.39 is 15.3 Å². The molecule has 126 valence electrons. The van der Waals surface area contributed by atoms with Gasteiger partial charge in [-0.25, -0.2) is 8.42 Å². The number of hydrogen-bond donors (Lipinski definition) is 1. The van der Waals surface area contributed by atoms with Gasteiger partial charge in [0.25, 0.3) is 0 Å². The fourth-order valence-corrected chi connectivity index (χ4v) is 3.42. The Balaban J connectivity index is 2.06. The van der Waals surface area contributed by atoms with E-state index in [0.29, 0.717) is 19.5 Å². The number of rotatable bonds is 4. The highest BCUT2D eigenvalue weighted by molar-refractivity contribution is 7.90. The monoisotopic (exact) mass is 338 g/mol. The number of sulfone groups is 1. The lowest BCUT2D eigenvalue weighted by atomic mass is 9.81. The maximum Gasteiger partial charge on any atom is 0.227 e. The quantitative estimate of drug-likeness (QED) is 0.876. The number of carbonyl (C=O) groups excluding carboxylic acids is 2. The Morgan fingerprint density at radius 2 is 1.87 bits per heavy atom. The normalized spacial score (nSPS) is 21.9. The molecule has 0 bridgehead atoms. The van der Waals surface area contributed by atoms with E-state index in [1.165, 1.54) is 12.1 Å². The SMILES string of the molecule is C[C@@]1(C(N)=O)CCCN(C(=O)Cc2ccc(S(C)(=O)=O)cc2)C1. The highest BCUT2D eigenvalue weighted by atomic mass is 32.2. The molecule has 2 rings (SSSR count). The van der Waals surface area contributed by atoms with Crippen LogP contribution >= 0.6 is 0 Å². The average Bonchev–Trinajstić information content (AvgIpc) is 2.46. The molecule has 0 unspecified atom stereocenters. The first-order chi connectivity index (χ1) is 10.6. The van der Waals surface area contributed by atoms with Crippen LogP contribution in [0.25, 0.3) is 0 Å². The van der Waals surface area contributed by atoms with Crippen LogP contribution in [0.1, 0.15) is 25.3 Å². The number of carbonyl (C=O) groups is 2. The maximum atomic E-state index is 12.4. The molecule has 6 nitrogen and oxygen atoms in total. The molecular weight excluding hydrogens is 316 g/mol. The number of amides is 2. The number of hydrogen-bond acceptors (Lipinski definition) is 4. The van der Waals surface area contributed by atoms with Crippen molar-refractivity contribution in [1.29, 1.82) is 0 Å². The predicted molar refractivity (Wildman–Crippen MR) is 86.4 cm³/mol. The number of nitrogens with two attached hydrogens (primary N) is 1. The van der Waals surface area contributed by atoms with E-state index in [4.69, 9.17) is 5.73 Å². The summed E-state index contributed by atoms with van der Waals surface area (Å²) in [5.41, 5.74) is 5.51. The van der Waals surface area contributed by atoms with Crippen molar-refractivity contribution < 1.29 is 18.0 Å². The second-order valence-corrected chi connectivity index (χ2v) is 8.45. The molecule has 1 heterocycles. The van der Waals surface area contributed by atoms with Gasteiger partial charge in [-0.3, -0.25) is 9.59 Å². The molecule has 0 aliphatic carbocycles. The van der Waals surface area contributed by atoms with Crippen LogP contribution in [0.15, 0.2) is 29.2 Å². The first-order valence-corrected chi connectivity index (χ1v) is 9.38. The molecule has 0 saturated carbocycles. The first-order valence-electron chi connectivity index (χ1n) is 7.48. The minimum Gasteiger partial charge on any atom is -0.369 e. The third kappa shape index (κ3) is 4.10. The van der Waals surface area contributed by atoms with Gasteiger partial charge in [0.15, 0.2) is 9.84 Å². The summed E-state index contributed by atoms with van der Waals surface area (Å²) in [5, 5.41) is 0. The molecule has 2 N–H and O–H groups in total. The second-order valence-electron chi connectivity index (χ2n) is 6.44. The third-order valence-electron chi connectivity index (χ3n) is 4.35. The molecular formula is C16H22N2O4S. The predicted octanol–water partition coefficient (Wildman–Crippen LogP) is 0.747. The van der Waals surface area contributed by atoms with E-state index in [1.54, 1.807) is 24.0 Å². The van der Waals surface area contributed by atoms with Gasteiger partial charge in [-0.05, 0) is 37.5 Å². The van der Waals surface area contributed by atoms with E-state index in [-0.39, 0.29) is 23.1 Å². The average molecular weight is 338 g/mol. The smallest absolute Gasteiger partial charge is 0.227 e. The van der Waals surface area contributed by atoms with Gasteiger partial charge >= 0.3 is 0 Å². The molecule has 1 saturated heterocycles. The van der Waals surface area contributed by atoms with Crippen molar-refractivity contribution in [3.05, 3.63) is 29.8 Å². The molecule has 0 spiro atoms. The minimum atomic E-state index is -3.24. The minimum absolute atomic E-state index is 0.0794. The fourth-order valence-electron chi connectivity index (χ4n) is 2.79. The topological polar surface area (TPSA) is 97.5 Å². The summed E-state index contributed by atoms with van der Waals surface area (Å²) in [6.07, 6.45) is 2.76. The van der Waals surface area contributed by atoms with Crippen LogP contribution in [-0.2, 0) is 25.8 Å². The standard InChI is InChI=1S/C16H22N2O4S/c1-16(15(17)20)8-3-9-18(11-16)14(19)10-12-4-6-13(7-5-12)23(2,21)22/h4-7H,3,8-11H2,1-2H3,(H2,17,20)/t16-/m1/s1. The number of likely N-dealkylation sites (tertiary alicyclic amines) is 1. The maximum absolute atomic E-state index is 12.4. The van der Waals surface area contributed by atoms with E-state index in [1.807, 2.05) is 0 Å². The van der Waals surface area contributed by atoms with Crippen LogP contribution < -0.4 is 5.73 Å². The zero-order valence-electron chi connectivity index (χ0n) is 13.4. The summed E-state index contributed by atoms with van der Waals surface area (Å²) in [6, 6.07) is 6.29. The second kappa shape index (κ2) is 6.31. The van der Waals surface area contributed by atoms with Gasteiger partial charge in [-0.1, -0.05) is 12.1 Å². The molecule has 7 heteroatoms. The van der Waals surface area contributed by atoms with Gasteiger partial charge in [0.1, 0.15) is 0 Å². The van der Waals surface area contributed by atoms with E-state index in [2.05, 4.69) is 0 Å². The van der Waals surface area contributed by atoms with Crippen LogP contribution in [0.3, 0.4) is 0 Å². The van der Waals surface area contributed by atoms with Crippen molar-refractivity contribution in [2.24, 2.45) is 11.1 Å². The molecule has 1 aliphatic rings. The summed E-state index contributed by atoms with van der Waals surface area (Å²) < 4.78 is 22.9. The highest BCUT2D eigenvalue weighted by Crippen LogP contribution is 2.29. The zero-order valence-corrected chi connectivity index (χ0v) is 14.2. The Bertz CT molecular complexity index is 712. The van der Waals surface area contributed by atoms with E-state index in [9.17, 15) is 18.0 Å². The van der Waals surface area contributed by atoms with Crippen molar-refractivity contribution in [1.82, 2.24) is 4.90 Å². The van der Waals surface area contributed by atoms with Crippen LogP contribution in [0.5, 0.6) is 0 Å². The number of primary amides is 1. The van der Waals surface area contributed by atoms with Crippen LogP contribution in [-0.4, -0.2) is 44.5 Å². The highest BCUT2D eigenvalue weighted by Gasteiger charge is 2.37. The molecule has 1 aromatic carbocycles. The lowest BCUT2D eigenvalue weighted by Crippen LogP contribution is -2.50. The van der Waals surface area contributed by atoms with Crippen molar-refractivity contribution >= 4 is 21.7 Å². The molecule has 1 aliphatic heterocycles. The van der Waals surface area contributed by atoms with Gasteiger partial charge in [0.2, 0.25) is 11.8 Å².